The van der Waals surface area contributed by atoms with Crippen molar-refractivity contribution in [2.45, 2.75) is 0 Å². The number of fused-ring (bicyclic) bond motifs is 2. The minimum atomic E-state index is -0.483. The molecule has 0 radical (unpaired) electrons. The molecule has 2 aliphatic carbocycles. The van der Waals surface area contributed by atoms with Gasteiger partial charge in [-0.2, -0.15) is 0 Å². The maximum absolute atomic E-state index is 12.1. The number of allylic oxidation sites excluding steroid dienone is 4. The van der Waals surface area contributed by atoms with Gasteiger partial charge in [0.15, 0.2) is 23.1 Å². The third-order valence-corrected chi connectivity index (χ3v) is 4.36. The summed E-state index contributed by atoms with van der Waals surface area (Å²) >= 11 is 0. The molecule has 2 aromatic rings. The van der Waals surface area contributed by atoms with Crippen molar-refractivity contribution in [1.29, 1.82) is 0 Å². The second-order valence-corrected chi connectivity index (χ2v) is 5.96. The van der Waals surface area contributed by atoms with Crippen LogP contribution in [0.5, 0.6) is 11.5 Å². The number of rotatable bonds is 1. The van der Waals surface area contributed by atoms with Gasteiger partial charge < -0.3 is 10.2 Å². The summed E-state index contributed by atoms with van der Waals surface area (Å²) in [6.45, 7) is 0. The van der Waals surface area contributed by atoms with Gasteiger partial charge in [0.05, 0.1) is 11.1 Å². The lowest BCUT2D eigenvalue weighted by Gasteiger charge is -2.16. The van der Waals surface area contributed by atoms with Gasteiger partial charge in [-0.3, -0.25) is 19.2 Å². The molecule has 0 atom stereocenters. The summed E-state index contributed by atoms with van der Waals surface area (Å²) in [6.07, 6.45) is 4.41. The van der Waals surface area contributed by atoms with Gasteiger partial charge in [-0.05, 0) is 59.7 Å². The summed E-state index contributed by atoms with van der Waals surface area (Å²) in [4.78, 5) is 47.9. The van der Waals surface area contributed by atoms with E-state index < -0.39 is 23.1 Å². The number of aromatic hydroxyl groups is 2. The molecule has 2 N–H and O–H groups in total. The predicted octanol–water partition coefficient (Wildman–Crippen LogP) is 2.64. The number of benzene rings is 2. The highest BCUT2D eigenvalue weighted by Gasteiger charge is 2.26. The molecular weight excluding hydrogens is 336 g/mol. The Kier molecular flexibility index (Phi) is 3.23. The van der Waals surface area contributed by atoms with Crippen molar-refractivity contribution in [3.05, 3.63) is 70.8 Å². The molecule has 4 rings (SSSR count). The maximum atomic E-state index is 12.1. The Morgan fingerprint density at radius 1 is 0.500 bits per heavy atom. The molecule has 0 saturated carbocycles. The summed E-state index contributed by atoms with van der Waals surface area (Å²) in [5, 5.41) is 20.4. The third-order valence-electron chi connectivity index (χ3n) is 4.36. The largest absolute Gasteiger partial charge is 0.507 e. The van der Waals surface area contributed by atoms with E-state index in [2.05, 4.69) is 0 Å². The zero-order valence-electron chi connectivity index (χ0n) is 13.1. The Balaban J connectivity index is 1.94. The topological polar surface area (TPSA) is 109 Å². The van der Waals surface area contributed by atoms with Crippen LogP contribution < -0.4 is 0 Å². The van der Waals surface area contributed by atoms with Gasteiger partial charge in [-0.25, -0.2) is 0 Å². The van der Waals surface area contributed by atoms with Crippen molar-refractivity contribution in [3.63, 3.8) is 0 Å². The minimum Gasteiger partial charge on any atom is -0.507 e. The van der Waals surface area contributed by atoms with Crippen molar-refractivity contribution in [1.82, 2.24) is 0 Å². The van der Waals surface area contributed by atoms with Crippen LogP contribution in [-0.4, -0.2) is 33.3 Å². The minimum absolute atomic E-state index is 0.0343. The van der Waals surface area contributed by atoms with E-state index in [-0.39, 0.29) is 33.8 Å². The van der Waals surface area contributed by atoms with Gasteiger partial charge >= 0.3 is 0 Å². The predicted molar refractivity (Wildman–Crippen MR) is 90.8 cm³/mol. The average Bonchev–Trinajstić information content (AvgIpc) is 2.60. The normalized spacial score (nSPS) is 15.2. The van der Waals surface area contributed by atoms with Gasteiger partial charge in [-0.1, -0.05) is 0 Å². The maximum Gasteiger partial charge on any atom is 0.190 e. The number of phenols is 2. The third kappa shape index (κ3) is 2.20. The van der Waals surface area contributed by atoms with Crippen LogP contribution in [0.25, 0.3) is 11.1 Å². The lowest BCUT2D eigenvalue weighted by molar-refractivity contribution is 0.0991. The fourth-order valence-electron chi connectivity index (χ4n) is 3.14. The van der Waals surface area contributed by atoms with Gasteiger partial charge in [0.25, 0.3) is 0 Å². The van der Waals surface area contributed by atoms with Crippen LogP contribution in [0.15, 0.2) is 48.6 Å². The molecule has 0 fully saturated rings. The summed E-state index contributed by atoms with van der Waals surface area (Å²) < 4.78 is 0. The second kappa shape index (κ2) is 5.35. The van der Waals surface area contributed by atoms with E-state index in [0.29, 0.717) is 11.1 Å². The van der Waals surface area contributed by atoms with Crippen molar-refractivity contribution >= 4 is 23.1 Å². The van der Waals surface area contributed by atoms with E-state index in [9.17, 15) is 29.4 Å². The molecule has 0 amide bonds. The van der Waals surface area contributed by atoms with Crippen LogP contribution in [0.3, 0.4) is 0 Å². The average molecular weight is 346 g/mol. The number of carbonyl (C=O) groups excluding carboxylic acids is 4. The monoisotopic (exact) mass is 346 g/mol. The van der Waals surface area contributed by atoms with Gasteiger partial charge in [0.1, 0.15) is 11.5 Å². The first kappa shape index (κ1) is 15.7. The van der Waals surface area contributed by atoms with Crippen LogP contribution >= 0.6 is 0 Å². The Bertz CT molecular complexity index is 1030. The Morgan fingerprint density at radius 2 is 0.846 bits per heavy atom. The highest BCUT2D eigenvalue weighted by Crippen LogP contribution is 2.36. The highest BCUT2D eigenvalue weighted by molar-refractivity contribution is 6.24. The lowest BCUT2D eigenvalue weighted by atomic mass is 9.87. The quantitative estimate of drug-likeness (QED) is 0.822. The first-order chi connectivity index (χ1) is 12.4. The van der Waals surface area contributed by atoms with E-state index in [0.717, 1.165) is 24.3 Å². The summed E-state index contributed by atoms with van der Waals surface area (Å²) in [5.41, 5.74) is 0.547. The van der Waals surface area contributed by atoms with Crippen LogP contribution in [0, 0.1) is 0 Å². The molecule has 0 unspecified atom stereocenters. The highest BCUT2D eigenvalue weighted by atomic mass is 16.3. The van der Waals surface area contributed by atoms with Crippen molar-refractivity contribution in [2.24, 2.45) is 0 Å². The first-order valence-corrected chi connectivity index (χ1v) is 7.64. The van der Waals surface area contributed by atoms with Crippen molar-refractivity contribution in [3.8, 4) is 22.6 Å². The standard InChI is InChI=1S/C20H10O6/c21-13-1-3-15(23)19-11(13)5-9(7-17(19)25)10-6-12-14(22)2-4-16(24)20(12)18(26)8-10/h1-8,25-26H. The molecule has 0 saturated heterocycles. The van der Waals surface area contributed by atoms with E-state index in [1.54, 1.807) is 0 Å². The molecule has 0 bridgehead atoms. The summed E-state index contributed by atoms with van der Waals surface area (Å²) in [5.74, 6) is -2.59. The molecule has 0 aliphatic heterocycles. The van der Waals surface area contributed by atoms with E-state index >= 15 is 0 Å². The number of ketones is 4. The fraction of sp³-hybridized carbons (Fsp3) is 0. The fourth-order valence-corrected chi connectivity index (χ4v) is 3.14. The Labute approximate surface area is 146 Å². The van der Waals surface area contributed by atoms with Gasteiger partial charge in [-0.15, -0.1) is 0 Å². The van der Waals surface area contributed by atoms with Gasteiger partial charge in [0.2, 0.25) is 0 Å². The Morgan fingerprint density at radius 3 is 1.23 bits per heavy atom. The van der Waals surface area contributed by atoms with Gasteiger partial charge in [0, 0.05) is 11.1 Å². The van der Waals surface area contributed by atoms with Crippen molar-refractivity contribution < 1.29 is 29.4 Å². The molecule has 2 aliphatic rings. The zero-order chi connectivity index (χ0) is 18.6. The summed E-state index contributed by atoms with van der Waals surface area (Å²) in [7, 11) is 0. The molecule has 126 valence electrons. The summed E-state index contributed by atoms with van der Waals surface area (Å²) in [6, 6.07) is 5.36. The molecule has 0 spiro atoms. The second-order valence-electron chi connectivity index (χ2n) is 5.96. The van der Waals surface area contributed by atoms with Crippen molar-refractivity contribution in [2.75, 3.05) is 0 Å². The molecular formula is C20H10O6. The molecule has 6 nitrogen and oxygen atoms in total. The van der Waals surface area contributed by atoms with Crippen LogP contribution in [0.1, 0.15) is 41.4 Å². The molecule has 6 heteroatoms. The molecule has 26 heavy (non-hydrogen) atoms. The smallest absolute Gasteiger partial charge is 0.190 e. The lowest BCUT2D eigenvalue weighted by Crippen LogP contribution is -2.13. The molecule has 2 aromatic carbocycles. The number of hydrogen-bond acceptors (Lipinski definition) is 6. The Hall–Kier alpha value is -3.80. The number of carbonyl (C=O) groups is 4. The molecule has 0 aromatic heterocycles. The van der Waals surface area contributed by atoms with E-state index in [4.69, 9.17) is 0 Å². The molecule has 0 heterocycles. The van der Waals surface area contributed by atoms with Crippen LogP contribution in [0.2, 0.25) is 0 Å². The number of hydrogen-bond donors (Lipinski definition) is 2. The van der Waals surface area contributed by atoms with E-state index in [1.807, 2.05) is 0 Å². The SMILES string of the molecule is O=C1C=CC(=O)c2c(O)cc(-c3cc(O)c4c(c3)C(=O)C=CC4=O)cc21. The number of phenolic OH excluding ortho intramolecular Hbond substituents is 2. The zero-order valence-corrected chi connectivity index (χ0v) is 13.1. The van der Waals surface area contributed by atoms with Crippen LogP contribution in [-0.2, 0) is 0 Å². The van der Waals surface area contributed by atoms with Crippen LogP contribution in [0.4, 0.5) is 0 Å². The van der Waals surface area contributed by atoms with E-state index in [1.165, 1.54) is 24.3 Å². The first-order valence-electron chi connectivity index (χ1n) is 7.64.